The van der Waals surface area contributed by atoms with E-state index >= 15 is 0 Å². The Morgan fingerprint density at radius 2 is 2.40 bits per heavy atom. The van der Waals surface area contributed by atoms with Crippen LogP contribution < -0.4 is 0 Å². The summed E-state index contributed by atoms with van der Waals surface area (Å²) in [4.78, 5) is 0. The van der Waals surface area contributed by atoms with E-state index in [1.54, 1.807) is 10.9 Å². The molecule has 0 bridgehead atoms. The van der Waals surface area contributed by atoms with E-state index in [0.29, 0.717) is 6.54 Å². The van der Waals surface area contributed by atoms with Crippen LogP contribution in [0.3, 0.4) is 0 Å². The molecule has 15 heavy (non-hydrogen) atoms. The van der Waals surface area contributed by atoms with Gasteiger partial charge >= 0.3 is 0 Å². The fourth-order valence-electron chi connectivity index (χ4n) is 1.35. The standard InChI is InChI=1S/C10H13N3O2/c14-5-1-3-9-7-13(12-11-9)8-10-4-2-6-15-10/h2,4,6-7,14H,1,3,5,8H2. The molecule has 80 valence electrons. The Morgan fingerprint density at radius 3 is 3.13 bits per heavy atom. The van der Waals surface area contributed by atoms with E-state index in [-0.39, 0.29) is 6.61 Å². The maximum Gasteiger partial charge on any atom is 0.125 e. The molecule has 0 saturated heterocycles. The van der Waals surface area contributed by atoms with Crippen molar-refractivity contribution in [3.05, 3.63) is 36.0 Å². The lowest BCUT2D eigenvalue weighted by Gasteiger charge is -1.94. The molecule has 2 rings (SSSR count). The summed E-state index contributed by atoms with van der Waals surface area (Å²) >= 11 is 0. The lowest BCUT2D eigenvalue weighted by atomic mass is 10.3. The molecular weight excluding hydrogens is 194 g/mol. The highest BCUT2D eigenvalue weighted by atomic mass is 16.3. The summed E-state index contributed by atoms with van der Waals surface area (Å²) in [5, 5.41) is 16.6. The minimum absolute atomic E-state index is 0.186. The molecule has 5 heteroatoms. The number of hydrogen-bond acceptors (Lipinski definition) is 4. The van der Waals surface area contributed by atoms with Gasteiger partial charge in [-0.25, -0.2) is 4.68 Å². The average Bonchev–Trinajstić information content (AvgIpc) is 2.87. The lowest BCUT2D eigenvalue weighted by Crippen LogP contribution is -1.98. The predicted molar refractivity (Wildman–Crippen MR) is 53.2 cm³/mol. The van der Waals surface area contributed by atoms with Gasteiger partial charge in [-0.2, -0.15) is 0 Å². The third kappa shape index (κ3) is 2.66. The SMILES string of the molecule is OCCCc1cn(Cc2ccco2)nn1. The number of aromatic nitrogens is 3. The van der Waals surface area contributed by atoms with Gasteiger partial charge in [0.25, 0.3) is 0 Å². The Hall–Kier alpha value is -1.62. The summed E-state index contributed by atoms with van der Waals surface area (Å²) in [5.74, 6) is 0.855. The Morgan fingerprint density at radius 1 is 1.47 bits per heavy atom. The summed E-state index contributed by atoms with van der Waals surface area (Å²) in [6.07, 6.45) is 4.99. The Balaban J connectivity index is 1.95. The molecule has 0 aliphatic rings. The zero-order chi connectivity index (χ0) is 10.5. The lowest BCUT2D eigenvalue weighted by molar-refractivity contribution is 0.288. The zero-order valence-corrected chi connectivity index (χ0v) is 8.33. The number of aryl methyl sites for hydroxylation is 1. The van der Waals surface area contributed by atoms with Crippen molar-refractivity contribution < 1.29 is 9.52 Å². The molecule has 2 aromatic heterocycles. The van der Waals surface area contributed by atoms with Gasteiger partial charge in [-0.3, -0.25) is 0 Å². The van der Waals surface area contributed by atoms with Crippen LogP contribution in [0.15, 0.2) is 29.0 Å². The van der Waals surface area contributed by atoms with Crippen molar-refractivity contribution in [2.24, 2.45) is 0 Å². The fraction of sp³-hybridized carbons (Fsp3) is 0.400. The van der Waals surface area contributed by atoms with Crippen LogP contribution in [0.5, 0.6) is 0 Å². The zero-order valence-electron chi connectivity index (χ0n) is 8.33. The number of rotatable bonds is 5. The second kappa shape index (κ2) is 4.75. The van der Waals surface area contributed by atoms with Gasteiger partial charge in [-0.1, -0.05) is 5.21 Å². The van der Waals surface area contributed by atoms with Crippen LogP contribution >= 0.6 is 0 Å². The highest BCUT2D eigenvalue weighted by molar-refractivity contribution is 5.00. The minimum atomic E-state index is 0.186. The number of nitrogens with zero attached hydrogens (tertiary/aromatic N) is 3. The largest absolute Gasteiger partial charge is 0.467 e. The van der Waals surface area contributed by atoms with E-state index in [0.717, 1.165) is 24.3 Å². The van der Waals surface area contributed by atoms with Crippen molar-refractivity contribution >= 4 is 0 Å². The molecule has 2 aromatic rings. The molecule has 0 aromatic carbocycles. The minimum Gasteiger partial charge on any atom is -0.467 e. The second-order valence-electron chi connectivity index (χ2n) is 3.31. The number of aliphatic hydroxyl groups is 1. The van der Waals surface area contributed by atoms with E-state index in [4.69, 9.17) is 9.52 Å². The Bertz CT molecular complexity index is 394. The topological polar surface area (TPSA) is 64.1 Å². The smallest absolute Gasteiger partial charge is 0.125 e. The molecule has 0 radical (unpaired) electrons. The van der Waals surface area contributed by atoms with Crippen molar-refractivity contribution in [1.82, 2.24) is 15.0 Å². The number of hydrogen-bond donors (Lipinski definition) is 1. The van der Waals surface area contributed by atoms with Crippen molar-refractivity contribution in [1.29, 1.82) is 0 Å². The molecule has 0 spiro atoms. The van der Waals surface area contributed by atoms with Crippen LogP contribution in [0.25, 0.3) is 0 Å². The summed E-state index contributed by atoms with van der Waals surface area (Å²) in [6.45, 7) is 0.782. The molecule has 0 saturated carbocycles. The number of furan rings is 1. The average molecular weight is 207 g/mol. The van der Waals surface area contributed by atoms with Gasteiger partial charge in [0.15, 0.2) is 0 Å². The first-order valence-electron chi connectivity index (χ1n) is 4.91. The van der Waals surface area contributed by atoms with Gasteiger partial charge in [0, 0.05) is 12.8 Å². The van der Waals surface area contributed by atoms with E-state index < -0.39 is 0 Å². The molecule has 1 N–H and O–H groups in total. The quantitative estimate of drug-likeness (QED) is 0.789. The van der Waals surface area contributed by atoms with Crippen molar-refractivity contribution in [2.45, 2.75) is 19.4 Å². The van der Waals surface area contributed by atoms with Crippen LogP contribution in [0.2, 0.25) is 0 Å². The van der Waals surface area contributed by atoms with Crippen molar-refractivity contribution in [3.63, 3.8) is 0 Å². The van der Waals surface area contributed by atoms with Crippen LogP contribution in [0.4, 0.5) is 0 Å². The van der Waals surface area contributed by atoms with Crippen molar-refractivity contribution in [3.8, 4) is 0 Å². The van der Waals surface area contributed by atoms with Crippen molar-refractivity contribution in [2.75, 3.05) is 6.61 Å². The normalized spacial score (nSPS) is 10.7. The maximum atomic E-state index is 8.67. The fourth-order valence-corrected chi connectivity index (χ4v) is 1.35. The summed E-state index contributed by atoms with van der Waals surface area (Å²) < 4.78 is 6.93. The molecule has 0 atom stereocenters. The molecular formula is C10H13N3O2. The van der Waals surface area contributed by atoms with Gasteiger partial charge in [0.2, 0.25) is 0 Å². The first-order valence-corrected chi connectivity index (χ1v) is 4.91. The molecule has 0 fully saturated rings. The molecule has 0 amide bonds. The molecule has 0 unspecified atom stereocenters. The Kier molecular flexibility index (Phi) is 3.14. The molecule has 5 nitrogen and oxygen atoms in total. The summed E-state index contributed by atoms with van der Waals surface area (Å²) in [7, 11) is 0. The van der Waals surface area contributed by atoms with Crippen LogP contribution in [0.1, 0.15) is 17.9 Å². The second-order valence-corrected chi connectivity index (χ2v) is 3.31. The highest BCUT2D eigenvalue weighted by Gasteiger charge is 2.02. The number of aliphatic hydroxyl groups excluding tert-OH is 1. The summed E-state index contributed by atoms with van der Waals surface area (Å²) in [6, 6.07) is 3.74. The van der Waals surface area contributed by atoms with Crippen LogP contribution in [-0.2, 0) is 13.0 Å². The highest BCUT2D eigenvalue weighted by Crippen LogP contribution is 2.04. The van der Waals surface area contributed by atoms with Gasteiger partial charge in [-0.05, 0) is 25.0 Å². The van der Waals surface area contributed by atoms with Crippen LogP contribution in [0, 0.1) is 0 Å². The van der Waals surface area contributed by atoms with Gasteiger partial charge in [0.1, 0.15) is 12.3 Å². The molecule has 2 heterocycles. The molecule has 0 aliphatic heterocycles. The van der Waals surface area contributed by atoms with E-state index in [1.165, 1.54) is 0 Å². The van der Waals surface area contributed by atoms with E-state index in [9.17, 15) is 0 Å². The Labute approximate surface area is 87.3 Å². The first kappa shape index (κ1) is 9.92. The van der Waals surface area contributed by atoms with Crippen LogP contribution in [-0.4, -0.2) is 26.7 Å². The maximum absolute atomic E-state index is 8.67. The van der Waals surface area contributed by atoms with E-state index in [2.05, 4.69) is 10.3 Å². The predicted octanol–water partition coefficient (Wildman–Crippen LogP) is 0.844. The van der Waals surface area contributed by atoms with E-state index in [1.807, 2.05) is 18.3 Å². The third-order valence-corrected chi connectivity index (χ3v) is 2.08. The van der Waals surface area contributed by atoms with Gasteiger partial charge in [-0.15, -0.1) is 5.10 Å². The third-order valence-electron chi connectivity index (χ3n) is 2.08. The monoisotopic (exact) mass is 207 g/mol. The van der Waals surface area contributed by atoms with Gasteiger partial charge in [0.05, 0.1) is 12.0 Å². The summed E-state index contributed by atoms with van der Waals surface area (Å²) in [5.41, 5.74) is 0.899. The first-order chi connectivity index (χ1) is 7.38. The molecule has 0 aliphatic carbocycles. The van der Waals surface area contributed by atoms with Gasteiger partial charge < -0.3 is 9.52 Å².